The minimum absolute atomic E-state index is 0.940. The Morgan fingerprint density at radius 2 is 1.42 bits per heavy atom. The van der Waals surface area contributed by atoms with Crippen LogP contribution in [0.1, 0.15) is 0 Å². The topological polar surface area (TPSA) is 28.9 Å². The zero-order chi connectivity index (χ0) is 15.7. The SMILES string of the molecule is c1ccc2cc3c(cc2c1)[nH]c1ccc2c4ccccc4oc2c13. The molecule has 2 heteroatoms. The van der Waals surface area contributed by atoms with Gasteiger partial charge in [0, 0.05) is 21.7 Å². The van der Waals surface area contributed by atoms with E-state index in [2.05, 4.69) is 65.6 Å². The van der Waals surface area contributed by atoms with Crippen molar-refractivity contribution in [3.63, 3.8) is 0 Å². The molecule has 2 aromatic heterocycles. The van der Waals surface area contributed by atoms with Crippen molar-refractivity contribution >= 4 is 54.5 Å². The van der Waals surface area contributed by atoms with Crippen LogP contribution in [0, 0.1) is 0 Å². The maximum Gasteiger partial charge on any atom is 0.145 e. The van der Waals surface area contributed by atoms with E-state index in [1.165, 1.54) is 32.3 Å². The van der Waals surface area contributed by atoms with Gasteiger partial charge in [0.15, 0.2) is 0 Å². The van der Waals surface area contributed by atoms with Gasteiger partial charge in [-0.15, -0.1) is 0 Å². The van der Waals surface area contributed by atoms with Crippen LogP contribution in [0.15, 0.2) is 77.2 Å². The summed E-state index contributed by atoms with van der Waals surface area (Å²) in [7, 11) is 0. The van der Waals surface area contributed by atoms with Crippen molar-refractivity contribution in [2.45, 2.75) is 0 Å². The third-order valence-corrected chi connectivity index (χ3v) is 4.97. The first kappa shape index (κ1) is 12.2. The maximum atomic E-state index is 6.22. The van der Waals surface area contributed by atoms with Gasteiger partial charge in [0.1, 0.15) is 11.2 Å². The van der Waals surface area contributed by atoms with Crippen LogP contribution in [0.4, 0.5) is 0 Å². The predicted molar refractivity (Wildman–Crippen MR) is 101 cm³/mol. The Balaban J connectivity index is 1.90. The van der Waals surface area contributed by atoms with E-state index < -0.39 is 0 Å². The first-order chi connectivity index (χ1) is 11.9. The second-order valence-electron chi connectivity index (χ2n) is 6.33. The molecule has 0 saturated carbocycles. The lowest BCUT2D eigenvalue weighted by atomic mass is 10.0. The minimum Gasteiger partial charge on any atom is -0.455 e. The molecule has 0 atom stereocenters. The van der Waals surface area contributed by atoms with Crippen LogP contribution in [-0.2, 0) is 0 Å². The molecule has 0 radical (unpaired) electrons. The van der Waals surface area contributed by atoms with Gasteiger partial charge in [-0.05, 0) is 41.1 Å². The van der Waals surface area contributed by atoms with Gasteiger partial charge in [-0.2, -0.15) is 0 Å². The molecule has 1 N–H and O–H groups in total. The van der Waals surface area contributed by atoms with Crippen LogP contribution in [0.5, 0.6) is 0 Å². The summed E-state index contributed by atoms with van der Waals surface area (Å²) in [6.07, 6.45) is 0. The Hall–Kier alpha value is -3.26. The summed E-state index contributed by atoms with van der Waals surface area (Å²) in [5.41, 5.74) is 4.17. The molecule has 2 heterocycles. The Labute approximate surface area is 137 Å². The lowest BCUT2D eigenvalue weighted by Gasteiger charge is -1.98. The summed E-state index contributed by atoms with van der Waals surface area (Å²) in [4.78, 5) is 3.55. The highest BCUT2D eigenvalue weighted by molar-refractivity contribution is 6.24. The van der Waals surface area contributed by atoms with Gasteiger partial charge in [-0.25, -0.2) is 0 Å². The Morgan fingerprint density at radius 1 is 0.625 bits per heavy atom. The molecule has 0 fully saturated rings. The number of hydrogen-bond donors (Lipinski definition) is 1. The zero-order valence-electron chi connectivity index (χ0n) is 12.8. The van der Waals surface area contributed by atoms with Gasteiger partial charge in [-0.3, -0.25) is 0 Å². The van der Waals surface area contributed by atoms with Gasteiger partial charge in [0.05, 0.1) is 10.9 Å². The fourth-order valence-electron chi connectivity index (χ4n) is 3.86. The number of aromatic nitrogens is 1. The Kier molecular flexibility index (Phi) is 2.12. The van der Waals surface area contributed by atoms with Crippen molar-refractivity contribution in [1.82, 2.24) is 4.98 Å². The van der Waals surface area contributed by atoms with Crippen molar-refractivity contribution in [3.8, 4) is 0 Å². The van der Waals surface area contributed by atoms with Crippen molar-refractivity contribution in [1.29, 1.82) is 0 Å². The molecule has 0 bridgehead atoms. The van der Waals surface area contributed by atoms with E-state index in [1.807, 2.05) is 12.1 Å². The monoisotopic (exact) mass is 307 g/mol. The first-order valence-corrected chi connectivity index (χ1v) is 8.13. The molecule has 6 aromatic rings. The third kappa shape index (κ3) is 1.45. The molecule has 0 aliphatic rings. The van der Waals surface area contributed by atoms with E-state index in [9.17, 15) is 0 Å². The fourth-order valence-corrected chi connectivity index (χ4v) is 3.86. The number of rotatable bonds is 0. The number of aromatic amines is 1. The van der Waals surface area contributed by atoms with E-state index in [-0.39, 0.29) is 0 Å². The highest BCUT2D eigenvalue weighted by atomic mass is 16.3. The highest BCUT2D eigenvalue weighted by Gasteiger charge is 2.14. The maximum absolute atomic E-state index is 6.22. The number of hydrogen-bond acceptors (Lipinski definition) is 1. The molecule has 112 valence electrons. The molecule has 0 amide bonds. The molecule has 2 nitrogen and oxygen atoms in total. The first-order valence-electron chi connectivity index (χ1n) is 8.13. The zero-order valence-corrected chi connectivity index (χ0v) is 12.8. The molecule has 24 heavy (non-hydrogen) atoms. The van der Waals surface area contributed by atoms with Gasteiger partial charge < -0.3 is 9.40 Å². The number of benzene rings is 4. The quantitative estimate of drug-likeness (QED) is 0.347. The van der Waals surface area contributed by atoms with Crippen LogP contribution in [0.25, 0.3) is 54.5 Å². The van der Waals surface area contributed by atoms with Crippen LogP contribution in [-0.4, -0.2) is 4.98 Å². The van der Waals surface area contributed by atoms with E-state index in [0.29, 0.717) is 0 Å². The van der Waals surface area contributed by atoms with E-state index in [1.54, 1.807) is 0 Å². The summed E-state index contributed by atoms with van der Waals surface area (Å²) >= 11 is 0. The molecule has 0 spiro atoms. The van der Waals surface area contributed by atoms with Gasteiger partial charge in [0.25, 0.3) is 0 Å². The second-order valence-corrected chi connectivity index (χ2v) is 6.33. The van der Waals surface area contributed by atoms with Crippen molar-refractivity contribution < 1.29 is 4.42 Å². The van der Waals surface area contributed by atoms with E-state index in [4.69, 9.17) is 4.42 Å². The Bertz CT molecular complexity index is 1400. The summed E-state index contributed by atoms with van der Waals surface area (Å²) in [6.45, 7) is 0. The van der Waals surface area contributed by atoms with Gasteiger partial charge in [0.2, 0.25) is 0 Å². The van der Waals surface area contributed by atoms with E-state index in [0.717, 1.165) is 22.2 Å². The van der Waals surface area contributed by atoms with E-state index >= 15 is 0 Å². The molecule has 0 saturated heterocycles. The largest absolute Gasteiger partial charge is 0.455 e. The summed E-state index contributed by atoms with van der Waals surface area (Å²) in [6, 6.07) is 25.5. The molecule has 0 aliphatic heterocycles. The number of nitrogens with one attached hydrogen (secondary N) is 1. The summed E-state index contributed by atoms with van der Waals surface area (Å²) in [5, 5.41) is 7.23. The molecular formula is C22H13NO. The Morgan fingerprint density at radius 3 is 2.33 bits per heavy atom. The fraction of sp³-hybridized carbons (Fsp3) is 0. The van der Waals surface area contributed by atoms with Crippen LogP contribution in [0.2, 0.25) is 0 Å². The van der Waals surface area contributed by atoms with Gasteiger partial charge >= 0.3 is 0 Å². The van der Waals surface area contributed by atoms with Crippen molar-refractivity contribution in [3.05, 3.63) is 72.8 Å². The number of H-pyrrole nitrogens is 1. The molecule has 0 unspecified atom stereocenters. The summed E-state index contributed by atoms with van der Waals surface area (Å²) < 4.78 is 6.22. The van der Waals surface area contributed by atoms with Crippen molar-refractivity contribution in [2.75, 3.05) is 0 Å². The number of para-hydroxylation sites is 1. The molecule has 4 aromatic carbocycles. The molecule has 6 rings (SSSR count). The smallest absolute Gasteiger partial charge is 0.145 e. The highest BCUT2D eigenvalue weighted by Crippen LogP contribution is 2.38. The molecular weight excluding hydrogens is 294 g/mol. The van der Waals surface area contributed by atoms with Gasteiger partial charge in [-0.1, -0.05) is 42.5 Å². The minimum atomic E-state index is 0.940. The second kappa shape index (κ2) is 4.18. The van der Waals surface area contributed by atoms with Crippen LogP contribution in [0.3, 0.4) is 0 Å². The average molecular weight is 307 g/mol. The number of furan rings is 1. The third-order valence-electron chi connectivity index (χ3n) is 4.97. The van der Waals surface area contributed by atoms with Crippen molar-refractivity contribution in [2.24, 2.45) is 0 Å². The standard InChI is InChI=1S/C22H13NO/c1-2-6-14-12-19-17(11-13(14)5-1)21-18(23-19)10-9-16-15-7-3-4-8-20(15)24-22(16)21/h1-12,23H. The lowest BCUT2D eigenvalue weighted by Crippen LogP contribution is -1.73. The lowest BCUT2D eigenvalue weighted by molar-refractivity contribution is 0.673. The number of fused-ring (bicyclic) bond motifs is 8. The van der Waals surface area contributed by atoms with Crippen LogP contribution >= 0.6 is 0 Å². The molecule has 0 aliphatic carbocycles. The summed E-state index contributed by atoms with van der Waals surface area (Å²) in [5.74, 6) is 0. The predicted octanol–water partition coefficient (Wildman–Crippen LogP) is 6.37. The van der Waals surface area contributed by atoms with Crippen LogP contribution < -0.4 is 0 Å². The average Bonchev–Trinajstić information content (AvgIpc) is 3.17. The normalized spacial score (nSPS) is 12.2.